The van der Waals surface area contributed by atoms with Gasteiger partial charge in [0.15, 0.2) is 0 Å². The molecule has 1 aromatic carbocycles. The zero-order valence-corrected chi connectivity index (χ0v) is 15.7. The predicted molar refractivity (Wildman–Crippen MR) is 100 cm³/mol. The standard InChI is InChI=1S/C20H36N2O/c1-6-10-23-19-9-8-17(12-18(19)20(3,4)5)16(7-2)11-15(13-21)14-22/h8-9,12,15-16H,6-7,10-11,13-14,21-22H2,1-5H3. The van der Waals surface area contributed by atoms with E-state index in [2.05, 4.69) is 52.8 Å². The Morgan fingerprint density at radius 2 is 1.74 bits per heavy atom. The van der Waals surface area contributed by atoms with Crippen molar-refractivity contribution >= 4 is 0 Å². The second kappa shape index (κ2) is 9.29. The summed E-state index contributed by atoms with van der Waals surface area (Å²) in [6, 6.07) is 6.70. The van der Waals surface area contributed by atoms with Crippen LogP contribution in [0.3, 0.4) is 0 Å². The highest BCUT2D eigenvalue weighted by molar-refractivity contribution is 5.42. The second-order valence-corrected chi connectivity index (χ2v) is 7.53. The third kappa shape index (κ3) is 5.82. The van der Waals surface area contributed by atoms with E-state index in [-0.39, 0.29) is 5.41 Å². The van der Waals surface area contributed by atoms with E-state index >= 15 is 0 Å². The van der Waals surface area contributed by atoms with Crippen LogP contribution in [0.4, 0.5) is 0 Å². The number of rotatable bonds is 9. The number of benzene rings is 1. The average Bonchev–Trinajstić information content (AvgIpc) is 2.53. The Morgan fingerprint density at radius 3 is 2.22 bits per heavy atom. The molecule has 0 aliphatic heterocycles. The predicted octanol–water partition coefficient (Wildman–Crippen LogP) is 4.19. The van der Waals surface area contributed by atoms with Gasteiger partial charge in [-0.3, -0.25) is 0 Å². The first kappa shape index (κ1) is 20.0. The summed E-state index contributed by atoms with van der Waals surface area (Å²) in [6.45, 7) is 13.2. The smallest absolute Gasteiger partial charge is 0.123 e. The fourth-order valence-corrected chi connectivity index (χ4v) is 2.96. The molecule has 0 radical (unpaired) electrons. The number of hydrogen-bond donors (Lipinski definition) is 2. The van der Waals surface area contributed by atoms with Crippen molar-refractivity contribution in [3.05, 3.63) is 29.3 Å². The van der Waals surface area contributed by atoms with Crippen LogP contribution in [0, 0.1) is 5.92 Å². The Bertz CT molecular complexity index is 461. The molecule has 1 unspecified atom stereocenters. The Balaban J connectivity index is 3.11. The molecule has 0 amide bonds. The van der Waals surface area contributed by atoms with Gasteiger partial charge in [-0.15, -0.1) is 0 Å². The Kier molecular flexibility index (Phi) is 8.07. The van der Waals surface area contributed by atoms with Gasteiger partial charge < -0.3 is 16.2 Å². The fraction of sp³-hybridized carbons (Fsp3) is 0.700. The minimum atomic E-state index is 0.0680. The SMILES string of the molecule is CCCOc1ccc(C(CC)CC(CN)CN)cc1C(C)(C)C. The second-order valence-electron chi connectivity index (χ2n) is 7.53. The maximum Gasteiger partial charge on any atom is 0.123 e. The third-order valence-electron chi connectivity index (χ3n) is 4.52. The summed E-state index contributed by atoms with van der Waals surface area (Å²) in [7, 11) is 0. The van der Waals surface area contributed by atoms with Crippen LogP contribution >= 0.6 is 0 Å². The monoisotopic (exact) mass is 320 g/mol. The van der Waals surface area contributed by atoms with E-state index < -0.39 is 0 Å². The molecule has 1 aromatic rings. The highest BCUT2D eigenvalue weighted by atomic mass is 16.5. The van der Waals surface area contributed by atoms with Crippen molar-refractivity contribution in [3.63, 3.8) is 0 Å². The first-order valence-electron chi connectivity index (χ1n) is 9.04. The minimum Gasteiger partial charge on any atom is -0.493 e. The Morgan fingerprint density at radius 1 is 1.09 bits per heavy atom. The molecule has 0 saturated heterocycles. The lowest BCUT2D eigenvalue weighted by Crippen LogP contribution is -2.25. The minimum absolute atomic E-state index is 0.0680. The van der Waals surface area contributed by atoms with Gasteiger partial charge in [-0.25, -0.2) is 0 Å². The van der Waals surface area contributed by atoms with Crippen LogP contribution in [0.2, 0.25) is 0 Å². The molecule has 1 rings (SSSR count). The third-order valence-corrected chi connectivity index (χ3v) is 4.52. The molecule has 0 fully saturated rings. The molecule has 0 saturated carbocycles. The molecule has 3 nitrogen and oxygen atoms in total. The van der Waals surface area contributed by atoms with Crippen molar-refractivity contribution in [2.75, 3.05) is 19.7 Å². The van der Waals surface area contributed by atoms with Gasteiger partial charge in [0, 0.05) is 0 Å². The molecular weight excluding hydrogens is 284 g/mol. The van der Waals surface area contributed by atoms with Gasteiger partial charge >= 0.3 is 0 Å². The topological polar surface area (TPSA) is 61.3 Å². The molecule has 0 aromatic heterocycles. The fourth-order valence-electron chi connectivity index (χ4n) is 2.96. The van der Waals surface area contributed by atoms with Gasteiger partial charge in [-0.05, 0) is 66.8 Å². The lowest BCUT2D eigenvalue weighted by Gasteiger charge is -2.27. The van der Waals surface area contributed by atoms with Crippen molar-refractivity contribution < 1.29 is 4.74 Å². The summed E-state index contributed by atoms with van der Waals surface area (Å²) >= 11 is 0. The van der Waals surface area contributed by atoms with E-state index in [0.717, 1.165) is 31.6 Å². The molecule has 23 heavy (non-hydrogen) atoms. The van der Waals surface area contributed by atoms with Crippen LogP contribution in [0.1, 0.15) is 70.9 Å². The first-order chi connectivity index (χ1) is 10.9. The van der Waals surface area contributed by atoms with Gasteiger partial charge in [0.2, 0.25) is 0 Å². The largest absolute Gasteiger partial charge is 0.493 e. The van der Waals surface area contributed by atoms with Crippen LogP contribution in [0.5, 0.6) is 5.75 Å². The van der Waals surface area contributed by atoms with Crippen molar-refractivity contribution in [1.29, 1.82) is 0 Å². The van der Waals surface area contributed by atoms with Crippen molar-refractivity contribution in [1.82, 2.24) is 0 Å². The average molecular weight is 321 g/mol. The summed E-state index contributed by atoms with van der Waals surface area (Å²) < 4.78 is 5.96. The molecule has 4 N–H and O–H groups in total. The highest BCUT2D eigenvalue weighted by Crippen LogP contribution is 2.36. The van der Waals surface area contributed by atoms with Gasteiger partial charge in [-0.1, -0.05) is 46.8 Å². The van der Waals surface area contributed by atoms with Crippen LogP contribution in [0.25, 0.3) is 0 Å². The number of ether oxygens (including phenoxy) is 1. The molecule has 3 heteroatoms. The van der Waals surface area contributed by atoms with E-state index in [1.807, 2.05) is 0 Å². The maximum atomic E-state index is 5.96. The summed E-state index contributed by atoms with van der Waals surface area (Å²) in [5, 5.41) is 0. The molecular formula is C20H36N2O. The van der Waals surface area contributed by atoms with Crippen LogP contribution < -0.4 is 16.2 Å². The number of nitrogens with two attached hydrogens (primary N) is 2. The first-order valence-corrected chi connectivity index (χ1v) is 9.04. The summed E-state index contributed by atoms with van der Waals surface area (Å²) in [6.07, 6.45) is 3.19. The van der Waals surface area contributed by atoms with Gasteiger partial charge in [0.05, 0.1) is 6.61 Å². The van der Waals surface area contributed by atoms with Crippen molar-refractivity contribution in [3.8, 4) is 5.75 Å². The molecule has 0 heterocycles. The van der Waals surface area contributed by atoms with Gasteiger partial charge in [-0.2, -0.15) is 0 Å². The highest BCUT2D eigenvalue weighted by Gasteiger charge is 2.22. The normalized spacial score (nSPS) is 13.4. The Hall–Kier alpha value is -1.06. The van der Waals surface area contributed by atoms with Crippen LogP contribution in [-0.4, -0.2) is 19.7 Å². The van der Waals surface area contributed by atoms with E-state index in [1.54, 1.807) is 0 Å². The number of hydrogen-bond acceptors (Lipinski definition) is 3. The zero-order chi connectivity index (χ0) is 17.5. The van der Waals surface area contributed by atoms with Crippen LogP contribution in [0.15, 0.2) is 18.2 Å². The summed E-state index contributed by atoms with van der Waals surface area (Å²) in [4.78, 5) is 0. The molecule has 0 spiro atoms. The van der Waals surface area contributed by atoms with E-state index in [1.165, 1.54) is 11.1 Å². The summed E-state index contributed by atoms with van der Waals surface area (Å²) in [5.41, 5.74) is 14.4. The molecule has 0 bridgehead atoms. The van der Waals surface area contributed by atoms with E-state index in [0.29, 0.717) is 24.9 Å². The quantitative estimate of drug-likeness (QED) is 0.717. The molecule has 0 aliphatic rings. The van der Waals surface area contributed by atoms with Gasteiger partial charge in [0.25, 0.3) is 0 Å². The van der Waals surface area contributed by atoms with Crippen molar-refractivity contribution in [2.24, 2.45) is 17.4 Å². The lowest BCUT2D eigenvalue weighted by atomic mass is 9.81. The molecule has 0 aliphatic carbocycles. The summed E-state index contributed by atoms with van der Waals surface area (Å²) in [5.74, 6) is 1.93. The molecule has 1 atom stereocenters. The van der Waals surface area contributed by atoms with Crippen LogP contribution in [-0.2, 0) is 5.41 Å². The van der Waals surface area contributed by atoms with Crippen molar-refractivity contribution in [2.45, 2.75) is 65.2 Å². The Labute approximate surface area is 142 Å². The zero-order valence-electron chi connectivity index (χ0n) is 15.7. The molecule has 132 valence electrons. The maximum absolute atomic E-state index is 5.96. The van der Waals surface area contributed by atoms with Gasteiger partial charge in [0.1, 0.15) is 5.75 Å². The lowest BCUT2D eigenvalue weighted by molar-refractivity contribution is 0.308. The van der Waals surface area contributed by atoms with E-state index in [9.17, 15) is 0 Å². The van der Waals surface area contributed by atoms with E-state index in [4.69, 9.17) is 16.2 Å².